The van der Waals surface area contributed by atoms with Gasteiger partial charge in [0, 0.05) is 24.4 Å². The van der Waals surface area contributed by atoms with Crippen LogP contribution < -0.4 is 16.4 Å². The zero-order valence-electron chi connectivity index (χ0n) is 29.3. The Morgan fingerprint density at radius 2 is 1.46 bits per heavy atom. The highest BCUT2D eigenvalue weighted by Crippen LogP contribution is 2.29. The molecule has 4 atom stereocenters. The van der Waals surface area contributed by atoms with E-state index >= 15 is 0 Å². The molecule has 2 rings (SSSR count). The average Bonchev–Trinajstić information content (AvgIpc) is 2.99. The van der Waals surface area contributed by atoms with Crippen molar-refractivity contribution in [2.75, 3.05) is 0 Å². The maximum atomic E-state index is 14.6. The Morgan fingerprint density at radius 3 is 2.00 bits per heavy atom. The molecule has 0 aromatic heterocycles. The minimum atomic E-state index is -1.35. The number of primary amides is 1. The van der Waals surface area contributed by atoms with Crippen LogP contribution in [0.15, 0.2) is 54.6 Å². The van der Waals surface area contributed by atoms with Gasteiger partial charge in [-0.25, -0.2) is 9.59 Å². The van der Waals surface area contributed by atoms with Gasteiger partial charge in [-0.05, 0) is 78.5 Å². The maximum Gasteiger partial charge on any atom is 0.408 e. The van der Waals surface area contributed by atoms with Crippen molar-refractivity contribution >= 4 is 29.8 Å². The predicted octanol–water partition coefficient (Wildman–Crippen LogP) is 4.56. The van der Waals surface area contributed by atoms with Gasteiger partial charge in [0.25, 0.3) is 0 Å². The molecule has 260 valence electrons. The Kier molecular flexibility index (Phi) is 14.2. The van der Waals surface area contributed by atoms with E-state index in [-0.39, 0.29) is 19.3 Å². The van der Waals surface area contributed by atoms with E-state index in [9.17, 15) is 24.0 Å². The number of nitrogens with zero attached hydrogens (tertiary/aromatic N) is 1. The average molecular weight is 663 g/mol. The molecule has 0 fully saturated rings. The summed E-state index contributed by atoms with van der Waals surface area (Å²) < 4.78 is 11.1. The molecule has 11 heteroatoms. The lowest BCUT2D eigenvalue weighted by molar-refractivity contribution is -0.159. The first-order chi connectivity index (χ1) is 22.4. The highest BCUT2D eigenvalue weighted by Gasteiger charge is 2.41. The number of nitrogens with two attached hydrogens (primary N) is 1. The SMILES string of the molecule is C#Cc1ccccc1C(C(=O)NC(Cc1ccccc1)C(=O)OC(C)(C)C)N(C(=O)C(CCC(N)=O)NC(=O)OC(C)(C)C)C(C)CC. The van der Waals surface area contributed by atoms with Crippen molar-refractivity contribution < 1.29 is 33.4 Å². The van der Waals surface area contributed by atoms with Gasteiger partial charge < -0.3 is 30.7 Å². The number of terminal acetylenes is 1. The lowest BCUT2D eigenvalue weighted by Gasteiger charge is -2.39. The van der Waals surface area contributed by atoms with Gasteiger partial charge in [0.1, 0.15) is 29.3 Å². The van der Waals surface area contributed by atoms with Gasteiger partial charge in [-0.2, -0.15) is 0 Å². The second-order valence-corrected chi connectivity index (χ2v) is 13.6. The summed E-state index contributed by atoms with van der Waals surface area (Å²) in [7, 11) is 0. The van der Waals surface area contributed by atoms with Crippen LogP contribution in [-0.2, 0) is 35.1 Å². The number of esters is 1. The Morgan fingerprint density at radius 1 is 0.875 bits per heavy atom. The molecule has 0 heterocycles. The standard InChI is InChI=1S/C37H50N4O7/c1-10-24(3)41(33(44)28(21-22-30(38)42)40-35(46)48-37(7,8)9)31(27-20-16-15-19-26(27)11-2)32(43)39-29(34(45)47-36(4,5)6)23-25-17-13-12-14-18-25/h2,12-20,24,28-29,31H,10,21-23H2,1,3-9H3,(H2,38,42)(H,39,43)(H,40,46). The van der Waals surface area contributed by atoms with E-state index in [2.05, 4.69) is 16.6 Å². The third-order valence-corrected chi connectivity index (χ3v) is 7.22. The minimum Gasteiger partial charge on any atom is -0.458 e. The van der Waals surface area contributed by atoms with Crippen LogP contribution in [0.3, 0.4) is 0 Å². The van der Waals surface area contributed by atoms with Crippen LogP contribution in [0.1, 0.15) is 97.4 Å². The van der Waals surface area contributed by atoms with E-state index in [0.717, 1.165) is 5.56 Å². The molecular formula is C37H50N4O7. The summed E-state index contributed by atoms with van der Waals surface area (Å²) >= 11 is 0. The first-order valence-electron chi connectivity index (χ1n) is 16.1. The molecule has 0 bridgehead atoms. The number of amides is 4. The summed E-state index contributed by atoms with van der Waals surface area (Å²) in [5.41, 5.74) is 5.17. The first-order valence-corrected chi connectivity index (χ1v) is 16.1. The molecule has 0 radical (unpaired) electrons. The van der Waals surface area contributed by atoms with Crippen molar-refractivity contribution in [3.63, 3.8) is 0 Å². The molecule has 0 saturated heterocycles. The molecule has 0 aliphatic heterocycles. The first kappa shape index (κ1) is 39.3. The van der Waals surface area contributed by atoms with Crippen LogP contribution in [0.25, 0.3) is 0 Å². The molecule has 0 saturated carbocycles. The highest BCUT2D eigenvalue weighted by atomic mass is 16.6. The van der Waals surface area contributed by atoms with Crippen LogP contribution in [-0.4, -0.2) is 64.0 Å². The van der Waals surface area contributed by atoms with Crippen molar-refractivity contribution in [1.82, 2.24) is 15.5 Å². The van der Waals surface area contributed by atoms with Gasteiger partial charge in [-0.3, -0.25) is 14.4 Å². The number of hydrogen-bond donors (Lipinski definition) is 3. The molecule has 4 unspecified atom stereocenters. The van der Waals surface area contributed by atoms with Gasteiger partial charge in [0.05, 0.1) is 0 Å². The normalized spacial score (nSPS) is 13.9. The van der Waals surface area contributed by atoms with Crippen LogP contribution in [0.2, 0.25) is 0 Å². The minimum absolute atomic E-state index is 0.115. The topological polar surface area (TPSA) is 157 Å². The Balaban J connectivity index is 2.71. The number of rotatable bonds is 14. The van der Waals surface area contributed by atoms with Crippen molar-refractivity contribution in [1.29, 1.82) is 0 Å². The van der Waals surface area contributed by atoms with Crippen LogP contribution >= 0.6 is 0 Å². The highest BCUT2D eigenvalue weighted by molar-refractivity contribution is 5.94. The number of ether oxygens (including phenoxy) is 2. The molecule has 4 N–H and O–H groups in total. The van der Waals surface area contributed by atoms with Crippen LogP contribution in [0.5, 0.6) is 0 Å². The Hall–Kier alpha value is -4.85. The summed E-state index contributed by atoms with van der Waals surface area (Å²) in [5.74, 6) is -0.0968. The van der Waals surface area contributed by atoms with E-state index in [1.165, 1.54) is 4.90 Å². The number of hydrogen-bond acceptors (Lipinski definition) is 7. The number of carbonyl (C=O) groups is 5. The fraction of sp³-hybridized carbons (Fsp3) is 0.486. The monoisotopic (exact) mass is 662 g/mol. The third-order valence-electron chi connectivity index (χ3n) is 7.22. The summed E-state index contributed by atoms with van der Waals surface area (Å²) in [5, 5.41) is 5.42. The Labute approximate surface area is 284 Å². The smallest absolute Gasteiger partial charge is 0.408 e. The number of nitrogens with one attached hydrogen (secondary N) is 2. The lowest BCUT2D eigenvalue weighted by Crippen LogP contribution is -2.57. The number of carbonyl (C=O) groups excluding carboxylic acids is 5. The summed E-state index contributed by atoms with van der Waals surface area (Å²) in [6.45, 7) is 13.8. The van der Waals surface area contributed by atoms with Gasteiger partial charge in [0.2, 0.25) is 17.7 Å². The zero-order valence-corrected chi connectivity index (χ0v) is 29.3. The van der Waals surface area contributed by atoms with Crippen molar-refractivity contribution in [3.05, 3.63) is 71.3 Å². The van der Waals surface area contributed by atoms with Gasteiger partial charge in [-0.15, -0.1) is 6.42 Å². The molecule has 11 nitrogen and oxygen atoms in total. The van der Waals surface area contributed by atoms with E-state index in [1.54, 1.807) is 72.7 Å². The fourth-order valence-electron chi connectivity index (χ4n) is 4.92. The quantitative estimate of drug-likeness (QED) is 0.198. The fourth-order valence-corrected chi connectivity index (χ4v) is 4.92. The van der Waals surface area contributed by atoms with E-state index in [1.807, 2.05) is 37.3 Å². The molecule has 0 aliphatic rings. The largest absolute Gasteiger partial charge is 0.458 e. The van der Waals surface area contributed by atoms with Crippen molar-refractivity contribution in [2.45, 2.75) is 116 Å². The second kappa shape index (κ2) is 17.3. The number of benzene rings is 2. The maximum absolute atomic E-state index is 14.6. The summed E-state index contributed by atoms with van der Waals surface area (Å²) in [6, 6.07) is 11.5. The number of alkyl carbamates (subject to hydrolysis) is 1. The molecule has 48 heavy (non-hydrogen) atoms. The van der Waals surface area contributed by atoms with Crippen molar-refractivity contribution in [2.24, 2.45) is 5.73 Å². The molecular weight excluding hydrogens is 612 g/mol. The summed E-state index contributed by atoms with van der Waals surface area (Å²) in [6.07, 6.45) is 5.13. The van der Waals surface area contributed by atoms with Crippen molar-refractivity contribution in [3.8, 4) is 12.3 Å². The lowest BCUT2D eigenvalue weighted by atomic mass is 9.94. The zero-order chi connectivity index (χ0) is 36.2. The molecule has 2 aromatic rings. The predicted molar refractivity (Wildman–Crippen MR) is 183 cm³/mol. The molecule has 2 aromatic carbocycles. The molecule has 0 spiro atoms. The van der Waals surface area contributed by atoms with E-state index in [4.69, 9.17) is 21.6 Å². The van der Waals surface area contributed by atoms with E-state index < -0.39 is 65.2 Å². The van der Waals surface area contributed by atoms with Crippen LogP contribution in [0, 0.1) is 12.3 Å². The van der Waals surface area contributed by atoms with E-state index in [0.29, 0.717) is 17.5 Å². The second-order valence-electron chi connectivity index (χ2n) is 13.6. The van der Waals surface area contributed by atoms with Gasteiger partial charge >= 0.3 is 12.1 Å². The summed E-state index contributed by atoms with van der Waals surface area (Å²) in [4.78, 5) is 68.7. The van der Waals surface area contributed by atoms with Crippen LogP contribution in [0.4, 0.5) is 4.79 Å². The molecule has 0 aliphatic carbocycles. The van der Waals surface area contributed by atoms with Gasteiger partial charge in [-0.1, -0.05) is 61.4 Å². The third kappa shape index (κ3) is 12.4. The molecule has 4 amide bonds. The Bertz CT molecular complexity index is 1470. The van der Waals surface area contributed by atoms with Gasteiger partial charge in [0.15, 0.2) is 0 Å².